The Kier molecular flexibility index (Phi) is 10.9. The molecule has 1 aliphatic heterocycles. The maximum atomic E-state index is 13.7. The molecule has 4 rings (SSSR count). The summed E-state index contributed by atoms with van der Waals surface area (Å²) >= 11 is 0. The van der Waals surface area contributed by atoms with E-state index in [1.807, 2.05) is 6.20 Å². The molecule has 0 unspecified atom stereocenters. The normalized spacial score (nSPS) is 22.2. The molecule has 2 heterocycles. The van der Waals surface area contributed by atoms with Crippen molar-refractivity contribution < 1.29 is 19.4 Å². The molecule has 0 spiro atoms. The molecule has 2 bridgehead atoms. The number of hydrogen-bond acceptors (Lipinski definition) is 6. The van der Waals surface area contributed by atoms with Crippen LogP contribution in [-0.2, 0) is 11.0 Å². The van der Waals surface area contributed by atoms with E-state index in [1.54, 1.807) is 32.3 Å². The predicted octanol–water partition coefficient (Wildman–Crippen LogP) is 5.58. The SMILES string of the molecule is C[C@@H]1CCCCCCCOc2cc(cc(C(=O)N(C)C)c2)C(=O)N[C@H]([C@H](O)CNC2(c3cc(C(C)(C)C)ccn3)CC2)C1. The molecule has 3 atom stereocenters. The zero-order valence-electron chi connectivity index (χ0n) is 27.0. The molecule has 8 nitrogen and oxygen atoms in total. The summed E-state index contributed by atoms with van der Waals surface area (Å²) in [5.41, 5.74) is 2.79. The first-order valence-corrected chi connectivity index (χ1v) is 16.1. The van der Waals surface area contributed by atoms with Crippen molar-refractivity contribution in [2.75, 3.05) is 27.2 Å². The van der Waals surface area contributed by atoms with Gasteiger partial charge in [0.25, 0.3) is 11.8 Å². The summed E-state index contributed by atoms with van der Waals surface area (Å²) in [6.45, 7) is 9.68. The highest BCUT2D eigenvalue weighted by Crippen LogP contribution is 2.45. The third-order valence-electron chi connectivity index (χ3n) is 8.88. The fourth-order valence-electron chi connectivity index (χ4n) is 5.88. The summed E-state index contributed by atoms with van der Waals surface area (Å²) in [7, 11) is 3.38. The number of aromatic nitrogens is 1. The van der Waals surface area contributed by atoms with Crippen LogP contribution in [0.2, 0.25) is 0 Å². The molecule has 0 saturated heterocycles. The van der Waals surface area contributed by atoms with E-state index in [4.69, 9.17) is 9.72 Å². The van der Waals surface area contributed by atoms with Gasteiger partial charge in [0.1, 0.15) is 5.75 Å². The second-order valence-electron chi connectivity index (χ2n) is 14.0. The molecule has 1 fully saturated rings. The average molecular weight is 593 g/mol. The molecule has 1 aliphatic carbocycles. The van der Waals surface area contributed by atoms with Crippen LogP contribution >= 0.6 is 0 Å². The van der Waals surface area contributed by atoms with E-state index < -0.39 is 12.1 Å². The van der Waals surface area contributed by atoms with E-state index in [9.17, 15) is 14.7 Å². The van der Waals surface area contributed by atoms with Crippen molar-refractivity contribution in [3.8, 4) is 5.75 Å². The number of fused-ring (bicyclic) bond motifs is 2. The number of carbonyl (C=O) groups excluding carboxylic acids is 2. The Hall–Kier alpha value is -2.97. The van der Waals surface area contributed by atoms with Crippen LogP contribution in [0.3, 0.4) is 0 Å². The van der Waals surface area contributed by atoms with Gasteiger partial charge in [0.2, 0.25) is 0 Å². The fraction of sp³-hybridized carbons (Fsp3) is 0.629. The second kappa shape index (κ2) is 14.2. The number of ether oxygens (including phenoxy) is 1. The number of hydrogen-bond donors (Lipinski definition) is 3. The summed E-state index contributed by atoms with van der Waals surface area (Å²) in [6, 6.07) is 8.83. The highest BCUT2D eigenvalue weighted by molar-refractivity contribution is 6.00. The summed E-state index contributed by atoms with van der Waals surface area (Å²) < 4.78 is 6.00. The molecule has 0 radical (unpaired) electrons. The van der Waals surface area contributed by atoms with Crippen LogP contribution in [0, 0.1) is 5.92 Å². The van der Waals surface area contributed by atoms with Crippen molar-refractivity contribution in [2.24, 2.45) is 5.92 Å². The van der Waals surface area contributed by atoms with E-state index in [1.165, 1.54) is 10.5 Å². The number of nitrogens with one attached hydrogen (secondary N) is 2. The Labute approximate surface area is 258 Å². The van der Waals surface area contributed by atoms with Gasteiger partial charge in [-0.1, -0.05) is 59.8 Å². The number of nitrogens with zero attached hydrogens (tertiary/aromatic N) is 2. The van der Waals surface area contributed by atoms with Gasteiger partial charge >= 0.3 is 0 Å². The van der Waals surface area contributed by atoms with E-state index in [2.05, 4.69) is 50.5 Å². The monoisotopic (exact) mass is 592 g/mol. The van der Waals surface area contributed by atoms with Gasteiger partial charge < -0.3 is 25.4 Å². The average Bonchev–Trinajstić information content (AvgIpc) is 3.76. The molecule has 43 heavy (non-hydrogen) atoms. The van der Waals surface area contributed by atoms with E-state index >= 15 is 0 Å². The largest absolute Gasteiger partial charge is 0.494 e. The number of aliphatic hydroxyl groups excluding tert-OH is 1. The molecule has 2 amide bonds. The lowest BCUT2D eigenvalue weighted by Crippen LogP contribution is -2.50. The lowest BCUT2D eigenvalue weighted by Gasteiger charge is -2.29. The van der Waals surface area contributed by atoms with Crippen LogP contribution in [0.4, 0.5) is 0 Å². The van der Waals surface area contributed by atoms with Crippen molar-refractivity contribution in [3.05, 3.63) is 58.9 Å². The molecule has 2 aliphatic rings. The highest BCUT2D eigenvalue weighted by Gasteiger charge is 2.46. The van der Waals surface area contributed by atoms with Crippen LogP contribution in [-0.4, -0.2) is 66.2 Å². The van der Waals surface area contributed by atoms with E-state index in [-0.39, 0.29) is 22.8 Å². The minimum Gasteiger partial charge on any atom is -0.494 e. The zero-order chi connectivity index (χ0) is 31.2. The number of aliphatic hydroxyl groups is 1. The van der Waals surface area contributed by atoms with Gasteiger partial charge in [-0.05, 0) is 72.9 Å². The topological polar surface area (TPSA) is 104 Å². The van der Waals surface area contributed by atoms with Crippen molar-refractivity contribution >= 4 is 11.8 Å². The summed E-state index contributed by atoms with van der Waals surface area (Å²) in [5, 5.41) is 18.3. The molecule has 2 aromatic rings. The van der Waals surface area contributed by atoms with Crippen LogP contribution in [0.15, 0.2) is 36.5 Å². The third kappa shape index (κ3) is 9.02. The van der Waals surface area contributed by atoms with E-state index in [0.717, 1.165) is 57.1 Å². The standard InChI is InChI=1S/C35H52N4O4/c1-24-12-10-8-7-9-11-17-43-28-20-25(19-26(21-28)33(42)39(5)6)32(41)38-29(18-24)30(40)23-37-35(14-15-35)31-22-27(13-16-36-31)34(2,3)4/h13,16,19-22,24,29-30,37,40H,7-12,14-15,17-18,23H2,1-6H3,(H,38,41)/t24-,29+,30-/m1/s1. The maximum Gasteiger partial charge on any atom is 0.253 e. The van der Waals surface area contributed by atoms with Gasteiger partial charge in [0, 0.05) is 38.0 Å². The molecular formula is C35H52N4O4. The molecule has 1 aromatic heterocycles. The van der Waals surface area contributed by atoms with Gasteiger partial charge in [0.05, 0.1) is 30.0 Å². The van der Waals surface area contributed by atoms with Gasteiger partial charge in [-0.15, -0.1) is 0 Å². The summed E-state index contributed by atoms with van der Waals surface area (Å²) in [5.74, 6) is 0.343. The summed E-state index contributed by atoms with van der Waals surface area (Å²) in [6.07, 6.45) is 10.2. The van der Waals surface area contributed by atoms with Crippen LogP contribution in [0.1, 0.15) is 117 Å². The lowest BCUT2D eigenvalue weighted by atomic mass is 9.86. The Morgan fingerprint density at radius 1 is 1.14 bits per heavy atom. The van der Waals surface area contributed by atoms with Crippen LogP contribution < -0.4 is 15.4 Å². The molecule has 236 valence electrons. The quantitative estimate of drug-likeness (QED) is 0.405. The van der Waals surface area contributed by atoms with Crippen LogP contribution in [0.25, 0.3) is 0 Å². The zero-order valence-corrected chi connectivity index (χ0v) is 27.0. The van der Waals surface area contributed by atoms with Crippen molar-refractivity contribution in [3.63, 3.8) is 0 Å². The number of amides is 2. The fourth-order valence-corrected chi connectivity index (χ4v) is 5.88. The van der Waals surface area contributed by atoms with E-state index in [0.29, 0.717) is 42.4 Å². The minimum absolute atomic E-state index is 0.0246. The predicted molar refractivity (Wildman–Crippen MR) is 171 cm³/mol. The Bertz CT molecular complexity index is 1250. The Morgan fingerprint density at radius 3 is 2.56 bits per heavy atom. The lowest BCUT2D eigenvalue weighted by molar-refractivity contribution is 0.0781. The van der Waals surface area contributed by atoms with Gasteiger partial charge in [-0.3, -0.25) is 14.6 Å². The Morgan fingerprint density at radius 2 is 1.86 bits per heavy atom. The van der Waals surface area contributed by atoms with Crippen LogP contribution in [0.5, 0.6) is 5.75 Å². The van der Waals surface area contributed by atoms with Gasteiger partial charge in [-0.25, -0.2) is 0 Å². The molecular weight excluding hydrogens is 540 g/mol. The number of pyridine rings is 1. The second-order valence-corrected chi connectivity index (χ2v) is 14.0. The Balaban J connectivity index is 1.54. The molecule has 3 N–H and O–H groups in total. The highest BCUT2D eigenvalue weighted by atomic mass is 16.5. The molecule has 1 aromatic carbocycles. The number of carbonyl (C=O) groups is 2. The smallest absolute Gasteiger partial charge is 0.253 e. The first-order valence-electron chi connectivity index (χ1n) is 16.1. The maximum absolute atomic E-state index is 13.7. The van der Waals surface area contributed by atoms with Gasteiger partial charge in [0.15, 0.2) is 0 Å². The minimum atomic E-state index is -0.795. The van der Waals surface area contributed by atoms with Crippen molar-refractivity contribution in [2.45, 2.75) is 109 Å². The first-order chi connectivity index (χ1) is 20.4. The number of benzene rings is 1. The number of rotatable bonds is 6. The molecule has 8 heteroatoms. The van der Waals surface area contributed by atoms with Crippen molar-refractivity contribution in [1.82, 2.24) is 20.5 Å². The summed E-state index contributed by atoms with van der Waals surface area (Å²) in [4.78, 5) is 32.7. The van der Waals surface area contributed by atoms with Gasteiger partial charge in [-0.2, -0.15) is 0 Å². The van der Waals surface area contributed by atoms with Crippen molar-refractivity contribution in [1.29, 1.82) is 0 Å². The first kappa shape index (κ1) is 32.9. The third-order valence-corrected chi connectivity index (χ3v) is 8.88. The molecule has 1 saturated carbocycles.